The van der Waals surface area contributed by atoms with Gasteiger partial charge in [-0.25, -0.2) is 9.79 Å². The zero-order valence-electron chi connectivity index (χ0n) is 8.59. The van der Waals surface area contributed by atoms with Crippen molar-refractivity contribution in [2.45, 2.75) is 0 Å². The van der Waals surface area contributed by atoms with E-state index >= 15 is 0 Å². The molecule has 0 saturated heterocycles. The number of nitrogens with two attached hydrogens (primary N) is 3. The Morgan fingerprint density at radius 3 is 2.41 bits per heavy atom. The molecular formula is C9H10IN5O2. The molecular weight excluding hydrogens is 337 g/mol. The average molecular weight is 347 g/mol. The van der Waals surface area contributed by atoms with Gasteiger partial charge in [0.25, 0.3) is 0 Å². The molecule has 0 aliphatic rings. The molecule has 0 aliphatic carbocycles. The molecule has 0 aliphatic heterocycles. The van der Waals surface area contributed by atoms with Crippen molar-refractivity contribution < 1.29 is 9.90 Å². The predicted octanol–water partition coefficient (Wildman–Crippen LogP) is 0.209. The first-order chi connectivity index (χ1) is 7.90. The molecule has 0 spiro atoms. The molecule has 0 aromatic heterocycles. The summed E-state index contributed by atoms with van der Waals surface area (Å²) in [5.74, 6) is -1.29. The first-order valence-electron chi connectivity index (χ1n) is 4.37. The van der Waals surface area contributed by atoms with E-state index in [9.17, 15) is 4.79 Å². The molecule has 0 bridgehead atoms. The van der Waals surface area contributed by atoms with Crippen molar-refractivity contribution >= 4 is 46.2 Å². The molecule has 1 rings (SSSR count). The number of carboxylic acids is 1. The number of aliphatic imine (C=N–C) groups is 2. The van der Waals surface area contributed by atoms with Crippen LogP contribution in [0.1, 0.15) is 10.4 Å². The van der Waals surface area contributed by atoms with E-state index in [0.29, 0.717) is 9.26 Å². The molecule has 1 aromatic carbocycles. The van der Waals surface area contributed by atoms with Crippen molar-refractivity contribution in [1.82, 2.24) is 0 Å². The van der Waals surface area contributed by atoms with Crippen LogP contribution in [0.25, 0.3) is 0 Å². The second kappa shape index (κ2) is 5.48. The Morgan fingerprint density at radius 1 is 1.29 bits per heavy atom. The minimum absolute atomic E-state index is 0.0917. The summed E-state index contributed by atoms with van der Waals surface area (Å²) in [6.07, 6.45) is 0. The maximum atomic E-state index is 10.7. The number of benzene rings is 1. The summed E-state index contributed by atoms with van der Waals surface area (Å²) < 4.78 is 0.635. The van der Waals surface area contributed by atoms with E-state index in [4.69, 9.17) is 22.3 Å². The Morgan fingerprint density at radius 2 is 1.94 bits per heavy atom. The van der Waals surface area contributed by atoms with Gasteiger partial charge in [-0.3, -0.25) is 0 Å². The van der Waals surface area contributed by atoms with E-state index in [0.717, 1.165) is 0 Å². The third kappa shape index (κ3) is 3.90. The molecule has 17 heavy (non-hydrogen) atoms. The molecule has 8 heteroatoms. The number of carbonyl (C=O) groups is 1. The number of rotatable bonds is 2. The van der Waals surface area contributed by atoms with Crippen LogP contribution in [0.3, 0.4) is 0 Å². The maximum Gasteiger partial charge on any atom is 0.335 e. The fourth-order valence-corrected chi connectivity index (χ4v) is 1.65. The Balaban J connectivity index is 3.09. The molecule has 7 N–H and O–H groups in total. The van der Waals surface area contributed by atoms with Crippen molar-refractivity contribution in [3.63, 3.8) is 0 Å². The van der Waals surface area contributed by atoms with Crippen molar-refractivity contribution in [2.24, 2.45) is 27.2 Å². The van der Waals surface area contributed by atoms with Gasteiger partial charge in [0.05, 0.1) is 11.3 Å². The van der Waals surface area contributed by atoms with Gasteiger partial charge in [0.2, 0.25) is 5.96 Å². The van der Waals surface area contributed by atoms with Gasteiger partial charge in [-0.15, -0.1) is 0 Å². The van der Waals surface area contributed by atoms with Crippen LogP contribution in [0.5, 0.6) is 0 Å². The first kappa shape index (κ1) is 13.2. The molecule has 0 amide bonds. The molecule has 0 atom stereocenters. The number of halogens is 1. The quantitative estimate of drug-likeness (QED) is 0.344. The van der Waals surface area contributed by atoms with Crippen molar-refractivity contribution in [3.05, 3.63) is 27.3 Å². The van der Waals surface area contributed by atoms with Gasteiger partial charge in [-0.2, -0.15) is 4.99 Å². The van der Waals surface area contributed by atoms with Gasteiger partial charge in [0, 0.05) is 3.57 Å². The molecule has 90 valence electrons. The van der Waals surface area contributed by atoms with Crippen LogP contribution < -0.4 is 17.2 Å². The lowest BCUT2D eigenvalue weighted by Gasteiger charge is -2.01. The largest absolute Gasteiger partial charge is 0.478 e. The summed E-state index contributed by atoms with van der Waals surface area (Å²) >= 11 is 1.95. The topological polar surface area (TPSA) is 140 Å². The highest BCUT2D eigenvalue weighted by molar-refractivity contribution is 14.1. The van der Waals surface area contributed by atoms with Crippen molar-refractivity contribution in [1.29, 1.82) is 0 Å². The van der Waals surface area contributed by atoms with Crippen LogP contribution >= 0.6 is 22.6 Å². The van der Waals surface area contributed by atoms with Crippen LogP contribution in [0.2, 0.25) is 0 Å². The smallest absolute Gasteiger partial charge is 0.335 e. The van der Waals surface area contributed by atoms with E-state index < -0.39 is 5.97 Å². The van der Waals surface area contributed by atoms with E-state index in [1.165, 1.54) is 18.2 Å². The summed E-state index contributed by atoms with van der Waals surface area (Å²) in [5, 5.41) is 8.78. The molecule has 0 heterocycles. The van der Waals surface area contributed by atoms with Gasteiger partial charge in [-0.1, -0.05) is 0 Å². The molecule has 0 saturated carbocycles. The number of aromatic carboxylic acids is 1. The zero-order valence-corrected chi connectivity index (χ0v) is 10.7. The molecule has 7 nitrogen and oxygen atoms in total. The lowest BCUT2D eigenvalue weighted by atomic mass is 10.2. The van der Waals surface area contributed by atoms with Crippen LogP contribution in [0.4, 0.5) is 5.69 Å². The minimum atomic E-state index is -1.00. The van der Waals surface area contributed by atoms with Gasteiger partial charge in [0.15, 0.2) is 5.96 Å². The summed E-state index contributed by atoms with van der Waals surface area (Å²) in [7, 11) is 0. The number of nitrogens with zero attached hydrogens (tertiary/aromatic N) is 2. The SMILES string of the molecule is NC(N)=NC(N)=Nc1ccc(C(=O)O)cc1I. The average Bonchev–Trinajstić information content (AvgIpc) is 2.19. The Bertz CT molecular complexity index is 508. The molecule has 0 radical (unpaired) electrons. The molecule has 1 aromatic rings. The van der Waals surface area contributed by atoms with E-state index in [-0.39, 0.29) is 17.5 Å². The fourth-order valence-electron chi connectivity index (χ4n) is 1.01. The highest BCUT2D eigenvalue weighted by atomic mass is 127. The van der Waals surface area contributed by atoms with Crippen LogP contribution in [0.15, 0.2) is 28.2 Å². The second-order valence-corrected chi connectivity index (χ2v) is 4.14. The predicted molar refractivity (Wildman–Crippen MR) is 73.2 cm³/mol. The number of hydrogen-bond acceptors (Lipinski definition) is 2. The third-order valence-electron chi connectivity index (χ3n) is 1.67. The van der Waals surface area contributed by atoms with Crippen molar-refractivity contribution in [3.8, 4) is 0 Å². The number of carboxylic acid groups (broad SMARTS) is 1. The zero-order chi connectivity index (χ0) is 13.0. The third-order valence-corrected chi connectivity index (χ3v) is 2.54. The maximum absolute atomic E-state index is 10.7. The highest BCUT2D eigenvalue weighted by Crippen LogP contribution is 2.22. The van der Waals surface area contributed by atoms with E-state index in [2.05, 4.69) is 9.98 Å². The van der Waals surface area contributed by atoms with E-state index in [1.807, 2.05) is 22.6 Å². The Labute approximate surface area is 111 Å². The lowest BCUT2D eigenvalue weighted by molar-refractivity contribution is 0.0697. The van der Waals surface area contributed by atoms with Gasteiger partial charge < -0.3 is 22.3 Å². The number of guanidine groups is 2. The van der Waals surface area contributed by atoms with Crippen LogP contribution in [-0.4, -0.2) is 23.0 Å². The van der Waals surface area contributed by atoms with Crippen molar-refractivity contribution in [2.75, 3.05) is 0 Å². The van der Waals surface area contributed by atoms with Gasteiger partial charge >= 0.3 is 5.97 Å². The van der Waals surface area contributed by atoms with Crippen LogP contribution in [0, 0.1) is 3.57 Å². The standard InChI is InChI=1S/C9H10IN5O2/c10-5-3-4(7(16)17)1-2-6(5)14-9(13)15-8(11)12/h1-3H,(H,16,17)(H6,11,12,13,14,15). The molecule has 0 unspecified atom stereocenters. The summed E-state index contributed by atoms with van der Waals surface area (Å²) in [4.78, 5) is 18.2. The monoisotopic (exact) mass is 347 g/mol. The second-order valence-electron chi connectivity index (χ2n) is 2.98. The lowest BCUT2D eigenvalue weighted by Crippen LogP contribution is -2.26. The summed E-state index contributed by atoms with van der Waals surface area (Å²) in [6.45, 7) is 0. The fraction of sp³-hybridized carbons (Fsp3) is 0. The number of hydrogen-bond donors (Lipinski definition) is 4. The highest BCUT2D eigenvalue weighted by Gasteiger charge is 2.06. The normalized spacial score (nSPS) is 11.0. The molecule has 0 fully saturated rings. The first-order valence-corrected chi connectivity index (χ1v) is 5.44. The summed E-state index contributed by atoms with van der Waals surface area (Å²) in [6, 6.07) is 4.43. The van der Waals surface area contributed by atoms with E-state index in [1.54, 1.807) is 0 Å². The van der Waals surface area contributed by atoms with Crippen LogP contribution in [-0.2, 0) is 0 Å². The Kier molecular flexibility index (Phi) is 4.26. The van der Waals surface area contributed by atoms with Gasteiger partial charge in [-0.05, 0) is 40.8 Å². The Hall–Kier alpha value is -1.84. The minimum Gasteiger partial charge on any atom is -0.478 e. The van der Waals surface area contributed by atoms with Gasteiger partial charge in [0.1, 0.15) is 0 Å². The summed E-state index contributed by atoms with van der Waals surface area (Å²) in [5.41, 5.74) is 16.4.